The van der Waals surface area contributed by atoms with Crippen molar-refractivity contribution in [1.82, 2.24) is 0 Å². The summed E-state index contributed by atoms with van der Waals surface area (Å²) in [4.78, 5) is 10.9. The van der Waals surface area contributed by atoms with Crippen LogP contribution in [0.15, 0.2) is 12.2 Å². The Bertz CT molecular complexity index is 125. The van der Waals surface area contributed by atoms with E-state index in [1.807, 2.05) is 13.8 Å². The third-order valence-corrected chi connectivity index (χ3v) is 1.36. The molecule has 58 valence electrons. The van der Waals surface area contributed by atoms with Crippen LogP contribution in [0.25, 0.3) is 0 Å². The van der Waals surface area contributed by atoms with Crippen LogP contribution in [0.3, 0.4) is 0 Å². The molecule has 0 unspecified atom stereocenters. The third-order valence-electron chi connectivity index (χ3n) is 1.36. The largest absolute Gasteiger partial charge is 0.300 e. The lowest BCUT2D eigenvalue weighted by Crippen LogP contribution is -1.95. The van der Waals surface area contributed by atoms with E-state index in [4.69, 9.17) is 0 Å². The van der Waals surface area contributed by atoms with Gasteiger partial charge in [0.15, 0.2) is 0 Å². The van der Waals surface area contributed by atoms with Crippen molar-refractivity contribution in [2.24, 2.45) is 0 Å². The Balaban J connectivity index is 3.30. The minimum atomic E-state index is 0.366. The SMILES string of the molecule is C=C(C)CCC(=O)CCC. The normalized spacial score (nSPS) is 9.40. The molecule has 0 aromatic rings. The average molecular weight is 140 g/mol. The summed E-state index contributed by atoms with van der Waals surface area (Å²) in [6.45, 7) is 7.72. The van der Waals surface area contributed by atoms with Crippen molar-refractivity contribution in [1.29, 1.82) is 0 Å². The predicted octanol–water partition coefficient (Wildman–Crippen LogP) is 2.71. The molecule has 0 N–H and O–H groups in total. The van der Waals surface area contributed by atoms with Crippen molar-refractivity contribution in [2.45, 2.75) is 39.5 Å². The van der Waals surface area contributed by atoms with Gasteiger partial charge >= 0.3 is 0 Å². The zero-order valence-electron chi connectivity index (χ0n) is 6.94. The summed E-state index contributed by atoms with van der Waals surface area (Å²) < 4.78 is 0. The Morgan fingerprint density at radius 1 is 1.30 bits per heavy atom. The van der Waals surface area contributed by atoms with Crippen molar-refractivity contribution in [2.75, 3.05) is 0 Å². The van der Waals surface area contributed by atoms with Crippen LogP contribution < -0.4 is 0 Å². The summed E-state index contributed by atoms with van der Waals surface area (Å²) in [5.41, 5.74) is 1.10. The van der Waals surface area contributed by atoms with Gasteiger partial charge in [-0.25, -0.2) is 0 Å². The van der Waals surface area contributed by atoms with E-state index in [9.17, 15) is 4.79 Å². The van der Waals surface area contributed by atoms with Crippen LogP contribution in [-0.2, 0) is 4.79 Å². The quantitative estimate of drug-likeness (QED) is 0.536. The molecule has 1 nitrogen and oxygen atoms in total. The molecule has 0 saturated heterocycles. The monoisotopic (exact) mass is 140 g/mol. The van der Waals surface area contributed by atoms with E-state index < -0.39 is 0 Å². The molecule has 0 aliphatic rings. The van der Waals surface area contributed by atoms with E-state index in [2.05, 4.69) is 6.58 Å². The van der Waals surface area contributed by atoms with E-state index in [1.54, 1.807) is 0 Å². The first-order valence-corrected chi connectivity index (χ1v) is 3.83. The zero-order valence-corrected chi connectivity index (χ0v) is 6.94. The minimum Gasteiger partial charge on any atom is -0.300 e. The number of hydrogen-bond donors (Lipinski definition) is 0. The van der Waals surface area contributed by atoms with Crippen LogP contribution >= 0.6 is 0 Å². The first-order chi connectivity index (χ1) is 4.66. The molecule has 0 radical (unpaired) electrons. The van der Waals surface area contributed by atoms with E-state index in [0.717, 1.165) is 24.8 Å². The van der Waals surface area contributed by atoms with Gasteiger partial charge in [0.25, 0.3) is 0 Å². The van der Waals surface area contributed by atoms with Crippen molar-refractivity contribution in [3.05, 3.63) is 12.2 Å². The standard InChI is InChI=1S/C9H16O/c1-4-5-9(10)7-6-8(2)3/h2,4-7H2,1,3H3. The number of ketones is 1. The molecule has 0 aliphatic carbocycles. The summed E-state index contributed by atoms with van der Waals surface area (Å²) in [6.07, 6.45) is 3.24. The highest BCUT2D eigenvalue weighted by Gasteiger charge is 1.98. The number of carbonyl (C=O) groups excluding carboxylic acids is 1. The summed E-state index contributed by atoms with van der Waals surface area (Å²) in [6, 6.07) is 0. The van der Waals surface area contributed by atoms with Gasteiger partial charge in [-0.2, -0.15) is 0 Å². The van der Waals surface area contributed by atoms with Gasteiger partial charge in [-0.1, -0.05) is 12.5 Å². The van der Waals surface area contributed by atoms with Gasteiger partial charge < -0.3 is 0 Å². The average Bonchev–Trinajstić information content (AvgIpc) is 1.85. The number of Topliss-reactive ketones (excluding diaryl/α,β-unsaturated/α-hetero) is 1. The first kappa shape index (κ1) is 9.41. The van der Waals surface area contributed by atoms with Crippen LogP contribution in [0.5, 0.6) is 0 Å². The molecule has 0 atom stereocenters. The smallest absolute Gasteiger partial charge is 0.133 e. The fourth-order valence-electron chi connectivity index (χ4n) is 0.757. The van der Waals surface area contributed by atoms with E-state index in [-0.39, 0.29) is 0 Å². The van der Waals surface area contributed by atoms with E-state index in [0.29, 0.717) is 12.2 Å². The minimum absolute atomic E-state index is 0.366. The fraction of sp³-hybridized carbons (Fsp3) is 0.667. The molecular formula is C9H16O. The summed E-state index contributed by atoms with van der Waals surface area (Å²) >= 11 is 0. The molecule has 0 aliphatic heterocycles. The molecule has 0 bridgehead atoms. The Morgan fingerprint density at radius 2 is 1.90 bits per heavy atom. The van der Waals surface area contributed by atoms with Gasteiger partial charge in [0.2, 0.25) is 0 Å². The second kappa shape index (κ2) is 5.21. The van der Waals surface area contributed by atoms with E-state index in [1.165, 1.54) is 0 Å². The second-order valence-corrected chi connectivity index (χ2v) is 2.75. The van der Waals surface area contributed by atoms with E-state index >= 15 is 0 Å². The molecule has 0 saturated carbocycles. The van der Waals surface area contributed by atoms with Crippen molar-refractivity contribution in [3.63, 3.8) is 0 Å². The maximum atomic E-state index is 10.9. The highest BCUT2D eigenvalue weighted by molar-refractivity contribution is 5.78. The van der Waals surface area contributed by atoms with Gasteiger partial charge in [0, 0.05) is 12.8 Å². The maximum absolute atomic E-state index is 10.9. The van der Waals surface area contributed by atoms with Crippen LogP contribution in [0.4, 0.5) is 0 Å². The molecular weight excluding hydrogens is 124 g/mol. The molecule has 0 aromatic carbocycles. The second-order valence-electron chi connectivity index (χ2n) is 2.75. The lowest BCUT2D eigenvalue weighted by atomic mass is 10.1. The summed E-state index contributed by atoms with van der Waals surface area (Å²) in [5, 5.41) is 0. The van der Waals surface area contributed by atoms with Gasteiger partial charge in [0.1, 0.15) is 5.78 Å². The van der Waals surface area contributed by atoms with Crippen LogP contribution in [0.1, 0.15) is 39.5 Å². The Morgan fingerprint density at radius 3 is 2.30 bits per heavy atom. The number of carbonyl (C=O) groups is 1. The molecule has 0 rings (SSSR count). The Kier molecular flexibility index (Phi) is 4.91. The van der Waals surface area contributed by atoms with Crippen molar-refractivity contribution >= 4 is 5.78 Å². The summed E-state index contributed by atoms with van der Waals surface area (Å²) in [7, 11) is 0. The zero-order chi connectivity index (χ0) is 7.98. The third kappa shape index (κ3) is 5.54. The number of hydrogen-bond acceptors (Lipinski definition) is 1. The lowest BCUT2D eigenvalue weighted by Gasteiger charge is -1.96. The fourth-order valence-corrected chi connectivity index (χ4v) is 0.757. The molecule has 0 heterocycles. The number of rotatable bonds is 5. The number of allylic oxidation sites excluding steroid dienone is 1. The molecule has 10 heavy (non-hydrogen) atoms. The van der Waals surface area contributed by atoms with Gasteiger partial charge in [-0.05, 0) is 19.8 Å². The molecule has 1 heteroatoms. The van der Waals surface area contributed by atoms with Crippen molar-refractivity contribution < 1.29 is 4.79 Å². The highest BCUT2D eigenvalue weighted by atomic mass is 16.1. The van der Waals surface area contributed by atoms with Crippen LogP contribution in [-0.4, -0.2) is 5.78 Å². The topological polar surface area (TPSA) is 17.1 Å². The van der Waals surface area contributed by atoms with Gasteiger partial charge in [-0.3, -0.25) is 4.79 Å². The lowest BCUT2D eigenvalue weighted by molar-refractivity contribution is -0.119. The predicted molar refractivity (Wildman–Crippen MR) is 44.0 cm³/mol. The molecule has 0 aromatic heterocycles. The maximum Gasteiger partial charge on any atom is 0.133 e. The molecule has 0 spiro atoms. The van der Waals surface area contributed by atoms with Crippen LogP contribution in [0, 0.1) is 0 Å². The highest BCUT2D eigenvalue weighted by Crippen LogP contribution is 2.03. The molecule has 0 amide bonds. The van der Waals surface area contributed by atoms with Crippen LogP contribution in [0.2, 0.25) is 0 Å². The van der Waals surface area contributed by atoms with Crippen molar-refractivity contribution in [3.8, 4) is 0 Å². The van der Waals surface area contributed by atoms with Gasteiger partial charge in [0.05, 0.1) is 0 Å². The molecule has 0 fully saturated rings. The Hall–Kier alpha value is -0.590. The Labute approximate surface area is 63.1 Å². The first-order valence-electron chi connectivity index (χ1n) is 3.83. The van der Waals surface area contributed by atoms with Gasteiger partial charge in [-0.15, -0.1) is 6.58 Å². The summed E-state index contributed by atoms with van der Waals surface area (Å²) in [5.74, 6) is 0.366.